The van der Waals surface area contributed by atoms with Gasteiger partial charge in [-0.15, -0.1) is 0 Å². The Balaban J connectivity index is 1.66. The molecule has 0 amide bonds. The largest absolute Gasteiger partial charge is 0.391 e. The Labute approximate surface area is 229 Å². The first-order valence-corrected chi connectivity index (χ1v) is 13.4. The molecule has 3 N–H and O–H groups in total. The van der Waals surface area contributed by atoms with Crippen LogP contribution in [-0.2, 0) is 7.05 Å². The van der Waals surface area contributed by atoms with Gasteiger partial charge in [0, 0.05) is 27.9 Å². The molecule has 2 aromatic heterocycles. The molecule has 2 aliphatic carbocycles. The molecule has 2 atom stereocenters. The van der Waals surface area contributed by atoms with Gasteiger partial charge in [0.25, 0.3) is 11.1 Å². The van der Waals surface area contributed by atoms with Crippen molar-refractivity contribution >= 4 is 50.7 Å². The summed E-state index contributed by atoms with van der Waals surface area (Å²) in [7, 11) is 1.52. The standard InChI is InChI=1S/C27H25FIN5O4/c1-13-23-22(24(32(2)25(13)36)31-19-9-6-14(29)10-18(19)28)26(37)34(16-7-8-16)27(38)33(23)17-5-3-4-15(11-17)30-20-12-21(20)35/h3-6,9-11,16,20-21,30-31,35H,7-8,12H2,1-2H3/t20-,21-/m0/s1. The fraction of sp³-hybridized carbons (Fsp3) is 0.296. The maximum Gasteiger partial charge on any atom is 0.336 e. The van der Waals surface area contributed by atoms with Crippen LogP contribution in [-0.4, -0.2) is 31.0 Å². The average Bonchev–Trinajstić information content (AvgIpc) is 3.81. The summed E-state index contributed by atoms with van der Waals surface area (Å²) in [4.78, 5) is 41.2. The molecule has 2 saturated carbocycles. The van der Waals surface area contributed by atoms with Gasteiger partial charge in [-0.25, -0.2) is 9.18 Å². The van der Waals surface area contributed by atoms with E-state index in [0.717, 1.165) is 0 Å². The van der Waals surface area contributed by atoms with Crippen molar-refractivity contribution in [2.75, 3.05) is 10.6 Å². The van der Waals surface area contributed by atoms with Crippen LogP contribution in [0.2, 0.25) is 0 Å². The molecule has 9 nitrogen and oxygen atoms in total. The number of hydrogen-bond donors (Lipinski definition) is 3. The number of rotatable bonds is 6. The van der Waals surface area contributed by atoms with Crippen molar-refractivity contribution in [3.63, 3.8) is 0 Å². The van der Waals surface area contributed by atoms with Crippen molar-refractivity contribution in [2.45, 2.75) is 44.4 Å². The lowest BCUT2D eigenvalue weighted by Crippen LogP contribution is -2.41. The van der Waals surface area contributed by atoms with Crippen molar-refractivity contribution in [1.82, 2.24) is 13.7 Å². The number of nitrogens with one attached hydrogen (secondary N) is 2. The van der Waals surface area contributed by atoms with Gasteiger partial charge in [-0.2, -0.15) is 0 Å². The van der Waals surface area contributed by atoms with Gasteiger partial charge in [-0.3, -0.25) is 23.3 Å². The number of halogens is 2. The van der Waals surface area contributed by atoms with Crippen LogP contribution in [0.5, 0.6) is 0 Å². The minimum atomic E-state index is -0.532. The highest BCUT2D eigenvalue weighted by Crippen LogP contribution is 2.34. The number of anilines is 3. The minimum absolute atomic E-state index is 0.0622. The Morgan fingerprint density at radius 3 is 2.47 bits per heavy atom. The van der Waals surface area contributed by atoms with Crippen LogP contribution in [0.4, 0.5) is 21.6 Å². The summed E-state index contributed by atoms with van der Waals surface area (Å²) in [6, 6.07) is 11.4. The summed E-state index contributed by atoms with van der Waals surface area (Å²) >= 11 is 2.00. The monoisotopic (exact) mass is 629 g/mol. The van der Waals surface area contributed by atoms with Crippen LogP contribution in [0.15, 0.2) is 56.8 Å². The Kier molecular flexibility index (Phi) is 5.94. The van der Waals surface area contributed by atoms with E-state index in [1.165, 1.54) is 26.8 Å². The van der Waals surface area contributed by atoms with E-state index in [1.54, 1.807) is 37.3 Å². The van der Waals surface area contributed by atoms with Gasteiger partial charge in [-0.05, 0) is 85.2 Å². The van der Waals surface area contributed by atoms with E-state index < -0.39 is 28.7 Å². The van der Waals surface area contributed by atoms with Crippen LogP contribution >= 0.6 is 22.6 Å². The minimum Gasteiger partial charge on any atom is -0.391 e. The normalized spacial score (nSPS) is 18.6. The Morgan fingerprint density at radius 1 is 1.08 bits per heavy atom. The van der Waals surface area contributed by atoms with Gasteiger partial charge in [0.2, 0.25) is 0 Å². The third kappa shape index (κ3) is 4.13. The molecule has 2 aliphatic rings. The van der Waals surface area contributed by atoms with Crippen molar-refractivity contribution in [2.24, 2.45) is 7.05 Å². The topological polar surface area (TPSA) is 110 Å². The number of aromatic nitrogens is 3. The maximum atomic E-state index is 14.8. The van der Waals surface area contributed by atoms with E-state index in [2.05, 4.69) is 10.6 Å². The molecule has 38 heavy (non-hydrogen) atoms. The van der Waals surface area contributed by atoms with Crippen LogP contribution in [0.3, 0.4) is 0 Å². The molecule has 4 aromatic rings. The number of fused-ring (bicyclic) bond motifs is 1. The molecule has 0 radical (unpaired) electrons. The molecule has 6 rings (SSSR count). The van der Waals surface area contributed by atoms with Crippen molar-refractivity contribution < 1.29 is 9.50 Å². The molecule has 196 valence electrons. The molecule has 2 fully saturated rings. The molecule has 2 heterocycles. The first-order valence-electron chi connectivity index (χ1n) is 12.3. The third-order valence-corrected chi connectivity index (χ3v) is 7.82. The highest BCUT2D eigenvalue weighted by atomic mass is 127. The summed E-state index contributed by atoms with van der Waals surface area (Å²) < 4.78 is 19.5. The number of nitrogens with zero attached hydrogens (tertiary/aromatic N) is 3. The summed E-state index contributed by atoms with van der Waals surface area (Å²) in [6.07, 6.45) is 1.61. The zero-order valence-corrected chi connectivity index (χ0v) is 22.8. The zero-order valence-electron chi connectivity index (χ0n) is 20.7. The van der Waals surface area contributed by atoms with E-state index in [1.807, 2.05) is 28.7 Å². The zero-order chi connectivity index (χ0) is 26.9. The van der Waals surface area contributed by atoms with Crippen LogP contribution in [0.1, 0.15) is 30.9 Å². The molecular formula is C27H25FIN5O4. The molecule has 0 spiro atoms. The van der Waals surface area contributed by atoms with Crippen molar-refractivity contribution in [3.8, 4) is 5.69 Å². The predicted molar refractivity (Wildman–Crippen MR) is 152 cm³/mol. The maximum absolute atomic E-state index is 14.8. The Bertz CT molecular complexity index is 1810. The molecule has 0 saturated heterocycles. The first-order chi connectivity index (χ1) is 18.2. The number of benzene rings is 2. The van der Waals surface area contributed by atoms with Crippen LogP contribution in [0.25, 0.3) is 16.6 Å². The summed E-state index contributed by atoms with van der Waals surface area (Å²) in [5.74, 6) is -0.422. The number of hydrogen-bond acceptors (Lipinski definition) is 6. The number of pyridine rings is 1. The molecule has 11 heteroatoms. The predicted octanol–water partition coefficient (Wildman–Crippen LogP) is 3.53. The second-order valence-corrected chi connectivity index (χ2v) is 11.2. The fourth-order valence-electron chi connectivity index (χ4n) is 4.86. The van der Waals surface area contributed by atoms with E-state index in [4.69, 9.17) is 0 Å². The Morgan fingerprint density at radius 2 is 1.82 bits per heavy atom. The molecule has 2 aromatic carbocycles. The van der Waals surface area contributed by atoms with Gasteiger partial charge in [0.15, 0.2) is 0 Å². The molecular weight excluding hydrogens is 604 g/mol. The second kappa shape index (κ2) is 9.09. The van der Waals surface area contributed by atoms with Crippen LogP contribution < -0.4 is 27.4 Å². The van der Waals surface area contributed by atoms with E-state index in [-0.39, 0.29) is 40.1 Å². The third-order valence-electron chi connectivity index (χ3n) is 7.15. The van der Waals surface area contributed by atoms with E-state index >= 15 is 0 Å². The number of aliphatic hydroxyl groups excluding tert-OH is 1. The van der Waals surface area contributed by atoms with Crippen molar-refractivity contribution in [1.29, 1.82) is 0 Å². The molecule has 0 bridgehead atoms. The summed E-state index contributed by atoms with van der Waals surface area (Å²) in [5, 5.41) is 16.1. The van der Waals surface area contributed by atoms with Gasteiger partial charge >= 0.3 is 5.69 Å². The smallest absolute Gasteiger partial charge is 0.336 e. The van der Waals surface area contributed by atoms with Gasteiger partial charge in [-0.1, -0.05) is 6.07 Å². The lowest BCUT2D eigenvalue weighted by atomic mass is 10.1. The molecule has 0 aliphatic heterocycles. The lowest BCUT2D eigenvalue weighted by molar-refractivity contribution is 0.274. The van der Waals surface area contributed by atoms with Gasteiger partial charge in [0.05, 0.1) is 29.0 Å². The lowest BCUT2D eigenvalue weighted by Gasteiger charge is -2.21. The second-order valence-electron chi connectivity index (χ2n) is 9.94. The van der Waals surface area contributed by atoms with Gasteiger partial charge in [0.1, 0.15) is 17.0 Å². The quantitative estimate of drug-likeness (QED) is 0.282. The number of aliphatic hydroxyl groups is 1. The summed E-state index contributed by atoms with van der Waals surface area (Å²) in [5.41, 5.74) is 0.211. The first kappa shape index (κ1) is 24.9. The SMILES string of the molecule is Cc1c(=O)n(C)c(Nc2ccc(I)cc2F)c2c(=O)n(C3CC3)c(=O)n(-c3cccc(N[C@H]4C[C@@H]4O)c3)c12. The highest BCUT2D eigenvalue weighted by molar-refractivity contribution is 14.1. The molecule has 0 unspecified atom stereocenters. The number of aryl methyl sites for hydroxylation is 1. The average molecular weight is 629 g/mol. The van der Waals surface area contributed by atoms with Crippen molar-refractivity contribution in [3.05, 3.63) is 88.6 Å². The Hall–Kier alpha value is -3.45. The van der Waals surface area contributed by atoms with E-state index in [0.29, 0.717) is 34.2 Å². The fourth-order valence-corrected chi connectivity index (χ4v) is 5.31. The summed E-state index contributed by atoms with van der Waals surface area (Å²) in [6.45, 7) is 1.58. The highest BCUT2D eigenvalue weighted by Gasteiger charge is 2.35. The van der Waals surface area contributed by atoms with Gasteiger partial charge < -0.3 is 15.7 Å². The van der Waals surface area contributed by atoms with E-state index in [9.17, 15) is 23.9 Å². The van der Waals surface area contributed by atoms with Crippen LogP contribution in [0, 0.1) is 16.3 Å².